The summed E-state index contributed by atoms with van der Waals surface area (Å²) >= 11 is 0. The minimum atomic E-state index is -0.112. The average molecular weight is 405 g/mol. The summed E-state index contributed by atoms with van der Waals surface area (Å²) in [5.74, 6) is -0.102. The van der Waals surface area contributed by atoms with Crippen molar-refractivity contribution in [3.8, 4) is 0 Å². The van der Waals surface area contributed by atoms with Crippen LogP contribution in [0.4, 0.5) is 11.4 Å². The third kappa shape index (κ3) is 10.3. The zero-order valence-corrected chi connectivity index (χ0v) is 19.0. The van der Waals surface area contributed by atoms with E-state index in [0.717, 1.165) is 31.5 Å². The second kappa shape index (κ2) is 14.0. The van der Waals surface area contributed by atoms with Gasteiger partial charge in [-0.2, -0.15) is 0 Å². The van der Waals surface area contributed by atoms with Gasteiger partial charge in [-0.3, -0.25) is 9.59 Å². The highest BCUT2D eigenvalue weighted by atomic mass is 16.2. The van der Waals surface area contributed by atoms with Gasteiger partial charge in [-0.15, -0.1) is 0 Å². The summed E-state index contributed by atoms with van der Waals surface area (Å²) in [6, 6.07) is 5.52. The van der Waals surface area contributed by atoms with Crippen molar-refractivity contribution in [2.45, 2.75) is 58.3 Å². The first-order chi connectivity index (χ1) is 13.8. The van der Waals surface area contributed by atoms with Gasteiger partial charge in [-0.1, -0.05) is 39.0 Å². The minimum absolute atomic E-state index is 0.00966. The Labute approximate surface area is 177 Å². The Morgan fingerprint density at radius 2 is 1.62 bits per heavy atom. The smallest absolute Gasteiger partial charge is 0.253 e. The fraction of sp³-hybridized carbons (Fsp3) is 0.652. The molecule has 0 atom stereocenters. The van der Waals surface area contributed by atoms with Crippen molar-refractivity contribution in [3.63, 3.8) is 0 Å². The van der Waals surface area contributed by atoms with Crippen LogP contribution in [0.15, 0.2) is 18.2 Å². The van der Waals surface area contributed by atoms with Crippen molar-refractivity contribution in [1.29, 1.82) is 0 Å². The van der Waals surface area contributed by atoms with E-state index in [0.29, 0.717) is 24.2 Å². The van der Waals surface area contributed by atoms with E-state index in [-0.39, 0.29) is 11.8 Å². The summed E-state index contributed by atoms with van der Waals surface area (Å²) in [4.78, 5) is 28.9. The van der Waals surface area contributed by atoms with Crippen molar-refractivity contribution in [1.82, 2.24) is 10.2 Å². The number of hydrogen-bond acceptors (Lipinski definition) is 4. The number of benzene rings is 1. The van der Waals surface area contributed by atoms with Gasteiger partial charge in [0.2, 0.25) is 5.91 Å². The normalized spacial score (nSPS) is 10.8. The van der Waals surface area contributed by atoms with E-state index < -0.39 is 0 Å². The third-order valence-electron chi connectivity index (χ3n) is 4.83. The molecule has 0 saturated carbocycles. The molecule has 0 bridgehead atoms. The number of rotatable bonds is 14. The van der Waals surface area contributed by atoms with E-state index in [4.69, 9.17) is 0 Å². The number of hydrogen-bond donors (Lipinski definition) is 2. The van der Waals surface area contributed by atoms with Crippen LogP contribution in [0, 0.1) is 0 Å². The highest BCUT2D eigenvalue weighted by Gasteiger charge is 2.14. The third-order valence-corrected chi connectivity index (χ3v) is 4.83. The van der Waals surface area contributed by atoms with Crippen LogP contribution in [0.2, 0.25) is 0 Å². The van der Waals surface area contributed by atoms with Gasteiger partial charge >= 0.3 is 0 Å². The van der Waals surface area contributed by atoms with Gasteiger partial charge in [0.05, 0.1) is 5.56 Å². The Hall–Kier alpha value is -2.08. The van der Waals surface area contributed by atoms with Crippen molar-refractivity contribution < 1.29 is 9.59 Å². The number of unbranched alkanes of at least 4 members (excludes halogenated alkanes) is 5. The average Bonchev–Trinajstić information content (AvgIpc) is 2.67. The maximum atomic E-state index is 12.7. The fourth-order valence-corrected chi connectivity index (χ4v) is 3.17. The lowest BCUT2D eigenvalue weighted by atomic mass is 10.1. The molecule has 1 aromatic carbocycles. The van der Waals surface area contributed by atoms with Crippen LogP contribution >= 0.6 is 0 Å². The summed E-state index contributed by atoms with van der Waals surface area (Å²) in [5, 5.41) is 5.93. The molecule has 2 N–H and O–H groups in total. The molecule has 0 spiro atoms. The van der Waals surface area contributed by atoms with Crippen molar-refractivity contribution in [3.05, 3.63) is 23.8 Å². The SMILES string of the molecule is CCCCCCCCC(=O)Nc1ccc(N(C)C)c(C(=O)NCCCN(C)C)c1. The van der Waals surface area contributed by atoms with E-state index in [1.807, 2.05) is 45.2 Å². The van der Waals surface area contributed by atoms with Gasteiger partial charge in [-0.25, -0.2) is 0 Å². The number of carbonyl (C=O) groups is 2. The summed E-state index contributed by atoms with van der Waals surface area (Å²) in [6.07, 6.45) is 8.35. The molecule has 0 saturated heterocycles. The largest absolute Gasteiger partial charge is 0.377 e. The van der Waals surface area contributed by atoms with Crippen molar-refractivity contribution >= 4 is 23.2 Å². The summed E-state index contributed by atoms with van der Waals surface area (Å²) < 4.78 is 0. The quantitative estimate of drug-likeness (QED) is 0.458. The van der Waals surface area contributed by atoms with Crippen LogP contribution in [-0.2, 0) is 4.79 Å². The van der Waals surface area contributed by atoms with Crippen molar-refractivity contribution in [2.75, 3.05) is 51.5 Å². The predicted molar refractivity (Wildman–Crippen MR) is 123 cm³/mol. The first kappa shape index (κ1) is 25.0. The molecule has 0 aliphatic carbocycles. The number of carbonyl (C=O) groups excluding carboxylic acids is 2. The summed E-state index contributed by atoms with van der Waals surface area (Å²) in [5.41, 5.74) is 2.09. The van der Waals surface area contributed by atoms with E-state index in [9.17, 15) is 9.59 Å². The second-order valence-corrected chi connectivity index (χ2v) is 8.11. The number of amides is 2. The van der Waals surface area contributed by atoms with E-state index >= 15 is 0 Å². The molecule has 6 nitrogen and oxygen atoms in total. The Morgan fingerprint density at radius 3 is 2.28 bits per heavy atom. The molecule has 164 valence electrons. The molecule has 29 heavy (non-hydrogen) atoms. The molecular formula is C23H40N4O2. The number of nitrogens with one attached hydrogen (secondary N) is 2. The highest BCUT2D eigenvalue weighted by molar-refractivity contribution is 6.02. The molecule has 0 aliphatic heterocycles. The summed E-state index contributed by atoms with van der Waals surface area (Å²) in [6.45, 7) is 3.75. The van der Waals surface area contributed by atoms with Gasteiger partial charge in [0.1, 0.15) is 0 Å². The maximum Gasteiger partial charge on any atom is 0.253 e. The molecule has 0 radical (unpaired) electrons. The monoisotopic (exact) mass is 404 g/mol. The van der Waals surface area contributed by atoms with Crippen molar-refractivity contribution in [2.24, 2.45) is 0 Å². The Balaban J connectivity index is 2.62. The molecule has 6 heteroatoms. The molecule has 0 unspecified atom stereocenters. The molecule has 0 aliphatic rings. The molecule has 2 amide bonds. The van der Waals surface area contributed by atoms with Crippen LogP contribution in [0.25, 0.3) is 0 Å². The van der Waals surface area contributed by atoms with E-state index in [1.165, 1.54) is 25.7 Å². The first-order valence-corrected chi connectivity index (χ1v) is 10.9. The van der Waals surface area contributed by atoms with Crippen LogP contribution in [0.5, 0.6) is 0 Å². The van der Waals surface area contributed by atoms with Crippen LogP contribution in [0.3, 0.4) is 0 Å². The first-order valence-electron chi connectivity index (χ1n) is 10.9. The molecule has 1 rings (SSSR count). The summed E-state index contributed by atoms with van der Waals surface area (Å²) in [7, 11) is 7.86. The van der Waals surface area contributed by atoms with E-state index in [2.05, 4.69) is 22.5 Å². The fourth-order valence-electron chi connectivity index (χ4n) is 3.17. The predicted octanol–water partition coefficient (Wildman–Crippen LogP) is 4.12. The highest BCUT2D eigenvalue weighted by Crippen LogP contribution is 2.23. The van der Waals surface area contributed by atoms with Gasteiger partial charge in [0, 0.05) is 38.4 Å². The molecular weight excluding hydrogens is 364 g/mol. The van der Waals surface area contributed by atoms with Crippen LogP contribution in [-0.4, -0.2) is 58.0 Å². The standard InChI is InChI=1S/C23H40N4O2/c1-6-7-8-9-10-11-13-22(28)25-19-14-15-21(27(4)5)20(18-19)23(29)24-16-12-17-26(2)3/h14-15,18H,6-13,16-17H2,1-5H3,(H,24,29)(H,25,28). The Kier molecular flexibility index (Phi) is 12.0. The molecule has 0 heterocycles. The van der Waals surface area contributed by atoms with Crippen LogP contribution < -0.4 is 15.5 Å². The number of nitrogens with zero attached hydrogens (tertiary/aromatic N) is 2. The molecule has 1 aromatic rings. The zero-order valence-electron chi connectivity index (χ0n) is 19.0. The van der Waals surface area contributed by atoms with Gasteiger partial charge in [0.15, 0.2) is 0 Å². The van der Waals surface area contributed by atoms with Crippen LogP contribution in [0.1, 0.15) is 68.6 Å². The number of anilines is 2. The van der Waals surface area contributed by atoms with Gasteiger partial charge < -0.3 is 20.4 Å². The van der Waals surface area contributed by atoms with Gasteiger partial charge in [-0.05, 0) is 51.7 Å². The second-order valence-electron chi connectivity index (χ2n) is 8.11. The lowest BCUT2D eigenvalue weighted by molar-refractivity contribution is -0.116. The Bertz CT molecular complexity index is 629. The minimum Gasteiger partial charge on any atom is -0.377 e. The van der Waals surface area contributed by atoms with Gasteiger partial charge in [0.25, 0.3) is 5.91 Å². The maximum absolute atomic E-state index is 12.7. The topological polar surface area (TPSA) is 64.7 Å². The lowest BCUT2D eigenvalue weighted by Crippen LogP contribution is -2.28. The Morgan fingerprint density at radius 1 is 0.931 bits per heavy atom. The lowest BCUT2D eigenvalue weighted by Gasteiger charge is -2.19. The van der Waals surface area contributed by atoms with E-state index in [1.54, 1.807) is 6.07 Å². The molecule has 0 aromatic heterocycles. The molecule has 0 fully saturated rings. The zero-order chi connectivity index (χ0) is 21.6.